The Morgan fingerprint density at radius 3 is 3.10 bits per heavy atom. The SMILES string of the molecule is Nc1ncnc2c1ccn2C1CCC(c2cn[nH]c2)C1. The van der Waals surface area contributed by atoms with Crippen LogP contribution < -0.4 is 5.73 Å². The lowest BCUT2D eigenvalue weighted by molar-refractivity contribution is 0.523. The molecule has 0 radical (unpaired) electrons. The minimum Gasteiger partial charge on any atom is -0.383 e. The van der Waals surface area contributed by atoms with Crippen LogP contribution in [0.4, 0.5) is 5.82 Å². The van der Waals surface area contributed by atoms with Gasteiger partial charge < -0.3 is 10.3 Å². The van der Waals surface area contributed by atoms with E-state index in [4.69, 9.17) is 5.73 Å². The van der Waals surface area contributed by atoms with Crippen molar-refractivity contribution in [3.8, 4) is 0 Å². The summed E-state index contributed by atoms with van der Waals surface area (Å²) in [6.45, 7) is 0. The van der Waals surface area contributed by atoms with Gasteiger partial charge in [0.1, 0.15) is 17.8 Å². The summed E-state index contributed by atoms with van der Waals surface area (Å²) in [7, 11) is 0. The molecule has 6 nitrogen and oxygen atoms in total. The highest BCUT2D eigenvalue weighted by atomic mass is 15.1. The minimum absolute atomic E-state index is 0.474. The molecule has 3 aromatic heterocycles. The molecular weight excluding hydrogens is 252 g/mol. The van der Waals surface area contributed by atoms with Crippen molar-refractivity contribution in [2.75, 3.05) is 5.73 Å². The van der Waals surface area contributed by atoms with Crippen molar-refractivity contribution >= 4 is 16.9 Å². The Labute approximate surface area is 116 Å². The lowest BCUT2D eigenvalue weighted by Crippen LogP contribution is -2.05. The Morgan fingerprint density at radius 2 is 2.25 bits per heavy atom. The van der Waals surface area contributed by atoms with Gasteiger partial charge in [0, 0.05) is 18.4 Å². The van der Waals surface area contributed by atoms with E-state index in [0.717, 1.165) is 23.9 Å². The summed E-state index contributed by atoms with van der Waals surface area (Å²) < 4.78 is 2.24. The largest absolute Gasteiger partial charge is 0.383 e. The van der Waals surface area contributed by atoms with Gasteiger partial charge in [0.2, 0.25) is 0 Å². The van der Waals surface area contributed by atoms with E-state index >= 15 is 0 Å². The summed E-state index contributed by atoms with van der Waals surface area (Å²) in [5.74, 6) is 1.13. The zero-order valence-electron chi connectivity index (χ0n) is 11.0. The van der Waals surface area contributed by atoms with E-state index in [2.05, 4.69) is 30.9 Å². The topological polar surface area (TPSA) is 85.4 Å². The third-order valence-electron chi connectivity index (χ3n) is 4.33. The predicted molar refractivity (Wildman–Crippen MR) is 76.2 cm³/mol. The van der Waals surface area contributed by atoms with Crippen molar-refractivity contribution in [1.82, 2.24) is 24.7 Å². The number of aromatic amines is 1. The standard InChI is InChI=1S/C14H16N6/c15-13-12-3-4-20(14(12)17-8-16-13)11-2-1-9(5-11)10-6-18-19-7-10/h3-4,6-9,11H,1-2,5H2,(H,18,19)(H2,15,16,17). The van der Waals surface area contributed by atoms with Crippen molar-refractivity contribution in [1.29, 1.82) is 0 Å². The van der Waals surface area contributed by atoms with E-state index in [1.807, 2.05) is 18.5 Å². The van der Waals surface area contributed by atoms with Crippen LogP contribution in [0.3, 0.4) is 0 Å². The number of nitrogens with one attached hydrogen (secondary N) is 1. The van der Waals surface area contributed by atoms with Crippen molar-refractivity contribution < 1.29 is 0 Å². The van der Waals surface area contributed by atoms with Crippen LogP contribution in [0.1, 0.15) is 36.8 Å². The molecule has 1 aliphatic rings. The van der Waals surface area contributed by atoms with Crippen LogP contribution in [0.5, 0.6) is 0 Å². The Morgan fingerprint density at radius 1 is 1.30 bits per heavy atom. The van der Waals surface area contributed by atoms with Gasteiger partial charge in [-0.1, -0.05) is 0 Å². The van der Waals surface area contributed by atoms with E-state index < -0.39 is 0 Å². The van der Waals surface area contributed by atoms with Crippen LogP contribution in [-0.2, 0) is 0 Å². The molecule has 2 unspecified atom stereocenters. The maximum absolute atomic E-state index is 5.90. The average Bonchev–Trinajstić information content (AvgIpc) is 3.18. The zero-order chi connectivity index (χ0) is 13.5. The Kier molecular flexibility index (Phi) is 2.48. The van der Waals surface area contributed by atoms with Gasteiger partial charge in [-0.25, -0.2) is 9.97 Å². The highest BCUT2D eigenvalue weighted by molar-refractivity contribution is 5.86. The molecule has 2 atom stereocenters. The molecule has 0 saturated heterocycles. The molecule has 0 bridgehead atoms. The number of anilines is 1. The second-order valence-corrected chi connectivity index (χ2v) is 5.41. The molecule has 4 rings (SSSR count). The Bertz CT molecular complexity index is 729. The lowest BCUT2D eigenvalue weighted by Gasteiger charge is -2.13. The van der Waals surface area contributed by atoms with E-state index in [1.165, 1.54) is 18.3 Å². The molecule has 0 spiro atoms. The molecule has 3 heterocycles. The van der Waals surface area contributed by atoms with Gasteiger partial charge in [0.15, 0.2) is 0 Å². The number of rotatable bonds is 2. The molecule has 0 aromatic carbocycles. The quantitative estimate of drug-likeness (QED) is 0.746. The minimum atomic E-state index is 0.474. The summed E-state index contributed by atoms with van der Waals surface area (Å²) in [5.41, 5.74) is 8.14. The lowest BCUT2D eigenvalue weighted by atomic mass is 10.0. The fourth-order valence-corrected chi connectivity index (χ4v) is 3.28. The second-order valence-electron chi connectivity index (χ2n) is 5.41. The van der Waals surface area contributed by atoms with Crippen molar-refractivity contribution in [2.24, 2.45) is 0 Å². The first kappa shape index (κ1) is 11.5. The Hall–Kier alpha value is -2.37. The van der Waals surface area contributed by atoms with Gasteiger partial charge in [0.25, 0.3) is 0 Å². The van der Waals surface area contributed by atoms with Crippen molar-refractivity contribution in [2.45, 2.75) is 31.2 Å². The van der Waals surface area contributed by atoms with Crippen molar-refractivity contribution in [3.63, 3.8) is 0 Å². The number of fused-ring (bicyclic) bond motifs is 1. The van der Waals surface area contributed by atoms with Gasteiger partial charge >= 0.3 is 0 Å². The van der Waals surface area contributed by atoms with Gasteiger partial charge in [-0.3, -0.25) is 5.10 Å². The fraction of sp³-hybridized carbons (Fsp3) is 0.357. The van der Waals surface area contributed by atoms with Gasteiger partial charge in [-0.15, -0.1) is 0 Å². The molecule has 1 aliphatic carbocycles. The molecule has 0 aliphatic heterocycles. The van der Waals surface area contributed by atoms with Gasteiger partial charge in [-0.2, -0.15) is 5.10 Å². The molecule has 1 fully saturated rings. The maximum atomic E-state index is 5.90. The van der Waals surface area contributed by atoms with Crippen LogP contribution >= 0.6 is 0 Å². The van der Waals surface area contributed by atoms with Crippen LogP contribution in [0, 0.1) is 0 Å². The molecule has 6 heteroatoms. The number of hydrogen-bond acceptors (Lipinski definition) is 4. The van der Waals surface area contributed by atoms with E-state index in [-0.39, 0.29) is 0 Å². The Balaban J connectivity index is 1.66. The highest BCUT2D eigenvalue weighted by Gasteiger charge is 2.28. The highest BCUT2D eigenvalue weighted by Crippen LogP contribution is 2.41. The smallest absolute Gasteiger partial charge is 0.145 e. The normalized spacial score (nSPS) is 22.6. The number of H-pyrrole nitrogens is 1. The van der Waals surface area contributed by atoms with E-state index in [9.17, 15) is 0 Å². The van der Waals surface area contributed by atoms with E-state index in [0.29, 0.717) is 17.8 Å². The second kappa shape index (κ2) is 4.33. The first-order chi connectivity index (χ1) is 9.83. The van der Waals surface area contributed by atoms with Crippen LogP contribution in [0.2, 0.25) is 0 Å². The molecule has 0 amide bonds. The number of nitrogen functional groups attached to an aromatic ring is 1. The first-order valence-electron chi connectivity index (χ1n) is 6.88. The van der Waals surface area contributed by atoms with Crippen LogP contribution in [0.15, 0.2) is 31.0 Å². The number of hydrogen-bond donors (Lipinski definition) is 2. The van der Waals surface area contributed by atoms with E-state index in [1.54, 1.807) is 0 Å². The summed E-state index contributed by atoms with van der Waals surface area (Å²) in [6.07, 6.45) is 11.0. The van der Waals surface area contributed by atoms with Gasteiger partial charge in [0.05, 0.1) is 11.6 Å². The van der Waals surface area contributed by atoms with Crippen LogP contribution in [0.25, 0.3) is 11.0 Å². The summed E-state index contributed by atoms with van der Waals surface area (Å²) >= 11 is 0. The molecular formula is C14H16N6. The number of nitrogens with zero attached hydrogens (tertiary/aromatic N) is 4. The summed E-state index contributed by atoms with van der Waals surface area (Å²) in [6, 6.07) is 2.48. The summed E-state index contributed by atoms with van der Waals surface area (Å²) in [5, 5.41) is 7.89. The first-order valence-corrected chi connectivity index (χ1v) is 6.88. The molecule has 3 aromatic rings. The third kappa shape index (κ3) is 1.68. The molecule has 3 N–H and O–H groups in total. The number of nitrogens with two attached hydrogens (primary N) is 1. The average molecular weight is 268 g/mol. The third-order valence-corrected chi connectivity index (χ3v) is 4.33. The summed E-state index contributed by atoms with van der Waals surface area (Å²) in [4.78, 5) is 8.43. The predicted octanol–water partition coefficient (Wildman–Crippen LogP) is 2.25. The monoisotopic (exact) mass is 268 g/mol. The van der Waals surface area contributed by atoms with Crippen LogP contribution in [-0.4, -0.2) is 24.7 Å². The maximum Gasteiger partial charge on any atom is 0.145 e. The zero-order valence-corrected chi connectivity index (χ0v) is 11.0. The van der Waals surface area contributed by atoms with Crippen molar-refractivity contribution in [3.05, 3.63) is 36.5 Å². The fourth-order valence-electron chi connectivity index (χ4n) is 3.28. The molecule has 102 valence electrons. The number of aromatic nitrogens is 5. The molecule has 20 heavy (non-hydrogen) atoms. The van der Waals surface area contributed by atoms with Gasteiger partial charge in [-0.05, 0) is 36.8 Å². The molecule has 1 saturated carbocycles.